The fourth-order valence-electron chi connectivity index (χ4n) is 2.54. The zero-order valence-corrected chi connectivity index (χ0v) is 12.6. The van der Waals surface area contributed by atoms with Gasteiger partial charge in [-0.05, 0) is 44.1 Å². The van der Waals surface area contributed by atoms with Gasteiger partial charge in [-0.3, -0.25) is 0 Å². The molecule has 0 radical (unpaired) electrons. The molecule has 1 fully saturated rings. The van der Waals surface area contributed by atoms with Crippen LogP contribution in [-0.2, 0) is 6.54 Å². The zero-order chi connectivity index (χ0) is 14.0. The van der Waals surface area contributed by atoms with Crippen molar-refractivity contribution in [1.29, 1.82) is 0 Å². The van der Waals surface area contributed by atoms with Crippen LogP contribution in [-0.4, -0.2) is 43.1 Å². The van der Waals surface area contributed by atoms with Gasteiger partial charge in [-0.15, -0.1) is 0 Å². The lowest BCUT2D eigenvalue weighted by Crippen LogP contribution is -2.31. The number of aromatic nitrogens is 1. The molecule has 19 heavy (non-hydrogen) atoms. The molecule has 1 unspecified atom stereocenters. The molecular formula is C15H26N4. The summed E-state index contributed by atoms with van der Waals surface area (Å²) in [6.07, 6.45) is 1.21. The topological polar surface area (TPSA) is 45.4 Å². The van der Waals surface area contributed by atoms with Gasteiger partial charge in [0.15, 0.2) is 0 Å². The van der Waals surface area contributed by atoms with E-state index in [0.29, 0.717) is 18.5 Å². The molecular weight excluding hydrogens is 236 g/mol. The molecule has 1 aliphatic heterocycles. The Labute approximate surface area is 116 Å². The third kappa shape index (κ3) is 3.25. The lowest BCUT2D eigenvalue weighted by Gasteiger charge is -2.22. The maximum absolute atomic E-state index is 5.81. The van der Waals surface area contributed by atoms with E-state index in [1.54, 1.807) is 0 Å². The average Bonchev–Trinajstić information content (AvgIpc) is 2.87. The van der Waals surface area contributed by atoms with Crippen LogP contribution in [0.3, 0.4) is 0 Å². The van der Waals surface area contributed by atoms with Gasteiger partial charge in [0.25, 0.3) is 0 Å². The highest BCUT2D eigenvalue weighted by Gasteiger charge is 2.25. The summed E-state index contributed by atoms with van der Waals surface area (Å²) in [6.45, 7) is 7.09. The minimum absolute atomic E-state index is 0.442. The number of nitrogens with two attached hydrogens (primary N) is 1. The van der Waals surface area contributed by atoms with Gasteiger partial charge in [0.05, 0.1) is 0 Å². The van der Waals surface area contributed by atoms with Crippen LogP contribution in [0.2, 0.25) is 0 Å². The van der Waals surface area contributed by atoms with Crippen molar-refractivity contribution < 1.29 is 0 Å². The SMILES string of the molecule is CC(C)c1cc(CN)cc(N2CCC(N(C)C)C2)n1. The Kier molecular flexibility index (Phi) is 4.42. The molecule has 2 rings (SSSR count). The summed E-state index contributed by atoms with van der Waals surface area (Å²) in [5.74, 6) is 1.54. The molecule has 0 bridgehead atoms. The first-order chi connectivity index (χ1) is 9.01. The van der Waals surface area contributed by atoms with Gasteiger partial charge >= 0.3 is 0 Å². The second kappa shape index (κ2) is 5.88. The molecule has 4 heteroatoms. The van der Waals surface area contributed by atoms with Crippen LogP contribution < -0.4 is 10.6 Å². The van der Waals surface area contributed by atoms with Gasteiger partial charge < -0.3 is 15.5 Å². The molecule has 2 N–H and O–H groups in total. The zero-order valence-electron chi connectivity index (χ0n) is 12.6. The molecule has 0 aromatic carbocycles. The van der Waals surface area contributed by atoms with E-state index in [1.165, 1.54) is 12.0 Å². The molecule has 0 amide bonds. The second-order valence-corrected chi connectivity index (χ2v) is 5.97. The Morgan fingerprint density at radius 2 is 2.16 bits per heavy atom. The normalized spacial score (nSPS) is 19.7. The number of rotatable bonds is 4. The van der Waals surface area contributed by atoms with Gasteiger partial charge in [-0.1, -0.05) is 13.8 Å². The standard InChI is InChI=1S/C15H26N4/c1-11(2)14-7-12(9-16)8-15(17-14)19-6-5-13(10-19)18(3)4/h7-8,11,13H,5-6,9-10,16H2,1-4H3. The predicted octanol–water partition coefficient (Wildman–Crippen LogP) is 1.80. The summed E-state index contributed by atoms with van der Waals surface area (Å²) < 4.78 is 0. The lowest BCUT2D eigenvalue weighted by molar-refractivity contribution is 0.315. The first kappa shape index (κ1) is 14.3. The molecule has 1 saturated heterocycles. The van der Waals surface area contributed by atoms with Crippen molar-refractivity contribution in [1.82, 2.24) is 9.88 Å². The molecule has 2 heterocycles. The maximum Gasteiger partial charge on any atom is 0.129 e. The molecule has 1 atom stereocenters. The first-order valence-corrected chi connectivity index (χ1v) is 7.13. The highest BCUT2D eigenvalue weighted by Crippen LogP contribution is 2.24. The monoisotopic (exact) mass is 262 g/mol. The van der Waals surface area contributed by atoms with E-state index in [1.807, 2.05) is 0 Å². The third-order valence-corrected chi connectivity index (χ3v) is 3.94. The van der Waals surface area contributed by atoms with Crippen molar-refractivity contribution in [2.45, 2.75) is 38.8 Å². The Morgan fingerprint density at radius 1 is 1.42 bits per heavy atom. The highest BCUT2D eigenvalue weighted by atomic mass is 15.3. The van der Waals surface area contributed by atoms with Crippen molar-refractivity contribution in [3.05, 3.63) is 23.4 Å². The summed E-state index contributed by atoms with van der Waals surface area (Å²) in [5, 5.41) is 0. The van der Waals surface area contributed by atoms with E-state index < -0.39 is 0 Å². The average molecular weight is 262 g/mol. The number of likely N-dealkylation sites (N-methyl/N-ethyl adjacent to an activating group) is 1. The molecule has 1 aromatic heterocycles. The van der Waals surface area contributed by atoms with Crippen molar-refractivity contribution in [2.75, 3.05) is 32.1 Å². The van der Waals surface area contributed by atoms with Crippen LogP contribution in [0.5, 0.6) is 0 Å². The van der Waals surface area contributed by atoms with E-state index in [9.17, 15) is 0 Å². The molecule has 1 aromatic rings. The molecule has 106 valence electrons. The van der Waals surface area contributed by atoms with Crippen LogP contribution in [0.1, 0.15) is 37.4 Å². The Bertz CT molecular complexity index is 428. The molecule has 0 spiro atoms. The summed E-state index contributed by atoms with van der Waals surface area (Å²) >= 11 is 0. The molecule has 4 nitrogen and oxygen atoms in total. The van der Waals surface area contributed by atoms with Gasteiger partial charge in [0.2, 0.25) is 0 Å². The van der Waals surface area contributed by atoms with Crippen LogP contribution in [0, 0.1) is 0 Å². The van der Waals surface area contributed by atoms with Crippen molar-refractivity contribution in [2.24, 2.45) is 5.73 Å². The molecule has 0 aliphatic carbocycles. The maximum atomic E-state index is 5.81. The molecule has 0 saturated carbocycles. The van der Waals surface area contributed by atoms with Gasteiger partial charge in [-0.2, -0.15) is 0 Å². The predicted molar refractivity (Wildman–Crippen MR) is 80.5 cm³/mol. The van der Waals surface area contributed by atoms with Gasteiger partial charge in [-0.25, -0.2) is 4.98 Å². The largest absolute Gasteiger partial charge is 0.355 e. The van der Waals surface area contributed by atoms with Crippen molar-refractivity contribution >= 4 is 5.82 Å². The Balaban J connectivity index is 2.22. The number of anilines is 1. The van der Waals surface area contributed by atoms with E-state index >= 15 is 0 Å². The van der Waals surface area contributed by atoms with Crippen LogP contribution in [0.15, 0.2) is 12.1 Å². The van der Waals surface area contributed by atoms with Crippen molar-refractivity contribution in [3.63, 3.8) is 0 Å². The summed E-state index contributed by atoms with van der Waals surface area (Å²) in [5.41, 5.74) is 8.13. The van der Waals surface area contributed by atoms with Gasteiger partial charge in [0, 0.05) is 31.4 Å². The number of nitrogens with zero attached hydrogens (tertiary/aromatic N) is 3. The van der Waals surface area contributed by atoms with E-state index in [4.69, 9.17) is 10.7 Å². The number of hydrogen-bond donors (Lipinski definition) is 1. The minimum Gasteiger partial charge on any atom is -0.355 e. The van der Waals surface area contributed by atoms with Gasteiger partial charge in [0.1, 0.15) is 5.82 Å². The highest BCUT2D eigenvalue weighted by molar-refractivity contribution is 5.44. The van der Waals surface area contributed by atoms with Crippen molar-refractivity contribution in [3.8, 4) is 0 Å². The second-order valence-electron chi connectivity index (χ2n) is 5.97. The minimum atomic E-state index is 0.442. The Morgan fingerprint density at radius 3 is 2.68 bits per heavy atom. The summed E-state index contributed by atoms with van der Waals surface area (Å²) in [6, 6.07) is 4.91. The smallest absolute Gasteiger partial charge is 0.129 e. The van der Waals surface area contributed by atoms with E-state index in [2.05, 4.69) is 49.9 Å². The fourth-order valence-corrected chi connectivity index (χ4v) is 2.54. The Hall–Kier alpha value is -1.13. The van der Waals surface area contributed by atoms with Crippen LogP contribution >= 0.6 is 0 Å². The first-order valence-electron chi connectivity index (χ1n) is 7.13. The van der Waals surface area contributed by atoms with Crippen LogP contribution in [0.4, 0.5) is 5.82 Å². The number of hydrogen-bond acceptors (Lipinski definition) is 4. The lowest BCUT2D eigenvalue weighted by atomic mass is 10.1. The third-order valence-electron chi connectivity index (χ3n) is 3.94. The molecule has 1 aliphatic rings. The van der Waals surface area contributed by atoms with E-state index in [-0.39, 0.29) is 0 Å². The van der Waals surface area contributed by atoms with Crippen LogP contribution in [0.25, 0.3) is 0 Å². The van der Waals surface area contributed by atoms with E-state index in [0.717, 1.165) is 24.6 Å². The fraction of sp³-hybridized carbons (Fsp3) is 0.667. The summed E-state index contributed by atoms with van der Waals surface area (Å²) in [4.78, 5) is 9.49. The quantitative estimate of drug-likeness (QED) is 0.899. The number of pyridine rings is 1. The summed E-state index contributed by atoms with van der Waals surface area (Å²) in [7, 11) is 4.30.